The van der Waals surface area contributed by atoms with Crippen LogP contribution >= 0.6 is 0 Å². The van der Waals surface area contributed by atoms with E-state index in [0.29, 0.717) is 30.6 Å². The van der Waals surface area contributed by atoms with Crippen LogP contribution in [0.25, 0.3) is 17.2 Å². The summed E-state index contributed by atoms with van der Waals surface area (Å²) in [5.41, 5.74) is 7.11. The van der Waals surface area contributed by atoms with E-state index in [-0.39, 0.29) is 17.8 Å². The number of aryl methyl sites for hydroxylation is 2. The summed E-state index contributed by atoms with van der Waals surface area (Å²) >= 11 is 0. The van der Waals surface area contributed by atoms with Crippen LogP contribution < -0.4 is 4.74 Å². The van der Waals surface area contributed by atoms with Crippen molar-refractivity contribution in [3.05, 3.63) is 88.0 Å². The highest BCUT2D eigenvalue weighted by atomic mass is 16.5. The average Bonchev–Trinajstić information content (AvgIpc) is 2.97. The van der Waals surface area contributed by atoms with Crippen molar-refractivity contribution >= 4 is 12.5 Å². The van der Waals surface area contributed by atoms with E-state index in [9.17, 15) is 15.0 Å². The average molecular weight is 545 g/mol. The predicted molar refractivity (Wildman–Crippen MR) is 163 cm³/mol. The first-order valence-electron chi connectivity index (χ1n) is 14.2. The van der Waals surface area contributed by atoms with Crippen molar-refractivity contribution in [2.75, 3.05) is 7.11 Å². The van der Waals surface area contributed by atoms with E-state index in [1.165, 1.54) is 23.8 Å². The number of carbonyl (C=O) groups is 1. The maximum Gasteiger partial charge on any atom is 0.293 e. The first-order valence-corrected chi connectivity index (χ1v) is 14.2. The van der Waals surface area contributed by atoms with Gasteiger partial charge < -0.3 is 19.7 Å². The highest BCUT2D eigenvalue weighted by Gasteiger charge is 2.31. The number of rotatable bonds is 13. The van der Waals surface area contributed by atoms with E-state index in [1.807, 2.05) is 32.1 Å². The zero-order valence-corrected chi connectivity index (χ0v) is 25.0. The van der Waals surface area contributed by atoms with Gasteiger partial charge in [0.25, 0.3) is 6.47 Å². The van der Waals surface area contributed by atoms with E-state index < -0.39 is 5.60 Å². The van der Waals surface area contributed by atoms with Crippen molar-refractivity contribution in [1.82, 2.24) is 0 Å². The molecule has 0 aliphatic rings. The van der Waals surface area contributed by atoms with Gasteiger partial charge in [0.2, 0.25) is 0 Å². The summed E-state index contributed by atoms with van der Waals surface area (Å²) in [4.78, 5) is 10.7. The van der Waals surface area contributed by atoms with E-state index in [1.54, 1.807) is 6.07 Å². The fourth-order valence-electron chi connectivity index (χ4n) is 5.63. The van der Waals surface area contributed by atoms with Crippen LogP contribution in [0.1, 0.15) is 86.8 Å². The maximum absolute atomic E-state index is 10.9. The highest BCUT2D eigenvalue weighted by Crippen LogP contribution is 2.44. The molecular formula is C35H44O5. The summed E-state index contributed by atoms with van der Waals surface area (Å²) in [5, 5.41) is 21.6. The molecule has 0 radical (unpaired) electrons. The topological polar surface area (TPSA) is 76.0 Å². The Morgan fingerprint density at radius 2 is 1.45 bits per heavy atom. The second kappa shape index (κ2) is 13.2. The largest absolute Gasteiger partial charge is 0.504 e. The Hall–Kier alpha value is -3.57. The number of methoxy groups -OCH3 is 1. The van der Waals surface area contributed by atoms with Gasteiger partial charge in [0.1, 0.15) is 6.61 Å². The Morgan fingerprint density at radius 1 is 0.825 bits per heavy atom. The lowest BCUT2D eigenvalue weighted by Gasteiger charge is -2.34. The van der Waals surface area contributed by atoms with Crippen molar-refractivity contribution in [1.29, 1.82) is 0 Å². The minimum Gasteiger partial charge on any atom is -0.504 e. The number of aliphatic hydroxyl groups is 1. The zero-order valence-electron chi connectivity index (χ0n) is 25.0. The van der Waals surface area contributed by atoms with Gasteiger partial charge in [-0.15, -0.1) is 0 Å². The first-order chi connectivity index (χ1) is 19.1. The monoisotopic (exact) mass is 544 g/mol. The van der Waals surface area contributed by atoms with E-state index in [2.05, 4.69) is 64.1 Å². The molecule has 3 aromatic carbocycles. The fraction of sp³-hybridized carbons (Fsp3) is 0.400. The van der Waals surface area contributed by atoms with Gasteiger partial charge in [0.15, 0.2) is 11.5 Å². The third kappa shape index (κ3) is 6.26. The number of benzene rings is 3. The van der Waals surface area contributed by atoms with Crippen LogP contribution in [0.5, 0.6) is 11.5 Å². The molecule has 0 fully saturated rings. The number of phenols is 1. The van der Waals surface area contributed by atoms with Gasteiger partial charge in [0.05, 0.1) is 12.7 Å². The molecule has 214 valence electrons. The van der Waals surface area contributed by atoms with Gasteiger partial charge in [-0.25, -0.2) is 0 Å². The van der Waals surface area contributed by atoms with Gasteiger partial charge in [-0.1, -0.05) is 76.2 Å². The SMILES string of the molecule is CCC(O)(/C=C/c1ccc(C(CC)(CC)c2ccc(-c3cc(COC=O)cc(OC)c3O)c(C)c2)cc1C)CC. The summed E-state index contributed by atoms with van der Waals surface area (Å²) in [7, 11) is 1.51. The molecule has 0 aromatic heterocycles. The molecule has 3 aromatic rings. The van der Waals surface area contributed by atoms with Crippen LogP contribution in [-0.4, -0.2) is 29.4 Å². The number of hydrogen-bond donors (Lipinski definition) is 2. The Bertz CT molecular complexity index is 1350. The quantitative estimate of drug-likeness (QED) is 0.213. The zero-order chi connectivity index (χ0) is 29.5. The molecule has 3 rings (SSSR count). The summed E-state index contributed by atoms with van der Waals surface area (Å²) in [6.07, 6.45) is 7.19. The molecule has 0 unspecified atom stereocenters. The number of phenolic OH excluding ortho intramolecular Hbond substituents is 1. The Morgan fingerprint density at radius 3 is 1.98 bits per heavy atom. The molecule has 5 nitrogen and oxygen atoms in total. The fourth-order valence-corrected chi connectivity index (χ4v) is 5.63. The molecule has 0 heterocycles. The molecule has 5 heteroatoms. The predicted octanol–water partition coefficient (Wildman–Crippen LogP) is 8.03. The van der Waals surface area contributed by atoms with Gasteiger partial charge >= 0.3 is 0 Å². The van der Waals surface area contributed by atoms with E-state index >= 15 is 0 Å². The normalized spacial score (nSPS) is 12.1. The molecule has 0 aliphatic heterocycles. The van der Waals surface area contributed by atoms with Gasteiger partial charge in [-0.2, -0.15) is 0 Å². The second-order valence-electron chi connectivity index (χ2n) is 10.6. The second-order valence-corrected chi connectivity index (χ2v) is 10.6. The molecule has 0 saturated heterocycles. The van der Waals surface area contributed by atoms with Gasteiger partial charge in [-0.05, 0) is 90.6 Å². The molecule has 0 aliphatic carbocycles. The molecule has 0 saturated carbocycles. The van der Waals surface area contributed by atoms with Gasteiger partial charge in [0, 0.05) is 11.0 Å². The standard InChI is InChI=1S/C35H44O5/c1-8-34(38,9-2)17-16-27-12-13-28(18-24(27)5)35(10-3,11-4)29-14-15-30(25(6)19-29)31-20-26(22-40-23-36)21-32(39-7)33(31)37/h12-21,23,37-38H,8-11,22H2,1-7H3/b17-16+. The highest BCUT2D eigenvalue weighted by molar-refractivity contribution is 5.77. The third-order valence-corrected chi connectivity index (χ3v) is 8.57. The minimum atomic E-state index is -0.777. The number of aromatic hydroxyl groups is 1. The number of hydrogen-bond acceptors (Lipinski definition) is 5. The van der Waals surface area contributed by atoms with Crippen molar-refractivity contribution < 1.29 is 24.5 Å². The Kier molecular flexibility index (Phi) is 10.2. The molecule has 0 spiro atoms. The molecular weight excluding hydrogens is 500 g/mol. The molecule has 0 amide bonds. The van der Waals surface area contributed by atoms with Crippen LogP contribution in [0, 0.1) is 13.8 Å². The first kappa shape index (κ1) is 31.0. The summed E-state index contributed by atoms with van der Waals surface area (Å²) in [6.45, 7) is 13.2. The summed E-state index contributed by atoms with van der Waals surface area (Å²) in [6, 6.07) is 16.6. The van der Waals surface area contributed by atoms with Crippen LogP contribution in [0.2, 0.25) is 0 Å². The lowest BCUT2D eigenvalue weighted by Crippen LogP contribution is -2.26. The van der Waals surface area contributed by atoms with Gasteiger partial charge in [-0.3, -0.25) is 4.79 Å². The number of ether oxygens (including phenoxy) is 2. The van der Waals surface area contributed by atoms with Crippen molar-refractivity contribution in [2.24, 2.45) is 0 Å². The third-order valence-electron chi connectivity index (χ3n) is 8.57. The Labute approximate surface area is 239 Å². The van der Waals surface area contributed by atoms with Crippen LogP contribution in [0.4, 0.5) is 0 Å². The van der Waals surface area contributed by atoms with Crippen LogP contribution in [0.15, 0.2) is 54.6 Å². The van der Waals surface area contributed by atoms with Crippen LogP contribution in [-0.2, 0) is 21.6 Å². The minimum absolute atomic E-state index is 0.0581. The molecule has 40 heavy (non-hydrogen) atoms. The lowest BCUT2D eigenvalue weighted by atomic mass is 9.69. The van der Waals surface area contributed by atoms with Crippen molar-refractivity contribution in [3.8, 4) is 22.6 Å². The smallest absolute Gasteiger partial charge is 0.293 e. The van der Waals surface area contributed by atoms with Crippen molar-refractivity contribution in [2.45, 2.75) is 84.8 Å². The molecule has 0 atom stereocenters. The maximum atomic E-state index is 10.9. The van der Waals surface area contributed by atoms with E-state index in [4.69, 9.17) is 9.47 Å². The lowest BCUT2D eigenvalue weighted by molar-refractivity contribution is -0.129. The molecule has 0 bridgehead atoms. The number of carbonyl (C=O) groups excluding carboxylic acids is 1. The molecule has 2 N–H and O–H groups in total. The summed E-state index contributed by atoms with van der Waals surface area (Å²) < 4.78 is 10.3. The van der Waals surface area contributed by atoms with E-state index in [0.717, 1.165) is 35.1 Å². The van der Waals surface area contributed by atoms with Crippen LogP contribution in [0.3, 0.4) is 0 Å². The Balaban J connectivity index is 2.06. The summed E-state index contributed by atoms with van der Waals surface area (Å²) in [5.74, 6) is 0.394. The van der Waals surface area contributed by atoms with Crippen molar-refractivity contribution in [3.63, 3.8) is 0 Å².